The standard InChI is InChI=1S/C13H18ClN3O3S/c1-18-11-8-10(12(19-2)7-9(11)14)15-13(21)16-17-3-5-20-6-4-17/h7-8H,3-6H2,1-2H3,(H2,15,16,21). The van der Waals surface area contributed by atoms with E-state index in [1.54, 1.807) is 26.4 Å². The van der Waals surface area contributed by atoms with Gasteiger partial charge in [-0.3, -0.25) is 5.43 Å². The maximum Gasteiger partial charge on any atom is 0.185 e. The van der Waals surface area contributed by atoms with E-state index < -0.39 is 0 Å². The van der Waals surface area contributed by atoms with E-state index in [0.29, 0.717) is 40.5 Å². The molecule has 0 atom stereocenters. The van der Waals surface area contributed by atoms with E-state index in [4.69, 9.17) is 38.0 Å². The largest absolute Gasteiger partial charge is 0.495 e. The van der Waals surface area contributed by atoms with Crippen LogP contribution < -0.4 is 20.2 Å². The smallest absolute Gasteiger partial charge is 0.185 e. The van der Waals surface area contributed by atoms with Gasteiger partial charge >= 0.3 is 0 Å². The molecule has 2 rings (SSSR count). The number of hydrogen-bond donors (Lipinski definition) is 2. The summed E-state index contributed by atoms with van der Waals surface area (Å²) in [4.78, 5) is 0. The van der Waals surface area contributed by atoms with Crippen LogP contribution in [0.2, 0.25) is 5.02 Å². The van der Waals surface area contributed by atoms with E-state index in [0.717, 1.165) is 13.1 Å². The molecule has 0 aliphatic carbocycles. The van der Waals surface area contributed by atoms with E-state index >= 15 is 0 Å². The maximum absolute atomic E-state index is 6.07. The Hall–Kier alpha value is -1.28. The zero-order chi connectivity index (χ0) is 15.2. The molecule has 0 bridgehead atoms. The number of benzene rings is 1. The molecule has 1 saturated heterocycles. The average molecular weight is 332 g/mol. The van der Waals surface area contributed by atoms with Crippen LogP contribution in [0.15, 0.2) is 12.1 Å². The highest BCUT2D eigenvalue weighted by Crippen LogP contribution is 2.35. The van der Waals surface area contributed by atoms with E-state index in [2.05, 4.69) is 10.7 Å². The first-order chi connectivity index (χ1) is 10.1. The molecule has 21 heavy (non-hydrogen) atoms. The van der Waals surface area contributed by atoms with Gasteiger partial charge in [-0.15, -0.1) is 0 Å². The predicted octanol–water partition coefficient (Wildman–Crippen LogP) is 1.89. The van der Waals surface area contributed by atoms with Gasteiger partial charge in [-0.2, -0.15) is 0 Å². The molecule has 8 heteroatoms. The maximum atomic E-state index is 6.07. The second kappa shape index (κ2) is 7.65. The topological polar surface area (TPSA) is 55.0 Å². The van der Waals surface area contributed by atoms with Crippen molar-refractivity contribution in [2.24, 2.45) is 0 Å². The number of nitrogens with zero attached hydrogens (tertiary/aromatic N) is 1. The van der Waals surface area contributed by atoms with Crippen LogP contribution >= 0.6 is 23.8 Å². The Morgan fingerprint density at radius 3 is 2.52 bits per heavy atom. The Bertz CT molecular complexity index is 510. The third-order valence-corrected chi connectivity index (χ3v) is 3.48. The molecule has 1 aromatic rings. The first-order valence-corrected chi connectivity index (χ1v) is 7.24. The molecular weight excluding hydrogens is 314 g/mol. The molecule has 1 aliphatic rings. The minimum atomic E-state index is 0.472. The van der Waals surface area contributed by atoms with Crippen molar-refractivity contribution in [2.75, 3.05) is 45.8 Å². The predicted molar refractivity (Wildman–Crippen MR) is 86.3 cm³/mol. The normalized spacial score (nSPS) is 15.4. The van der Waals surface area contributed by atoms with Crippen LogP contribution in [-0.2, 0) is 4.74 Å². The van der Waals surface area contributed by atoms with Gasteiger partial charge in [0, 0.05) is 25.2 Å². The van der Waals surface area contributed by atoms with Gasteiger partial charge in [-0.1, -0.05) is 11.6 Å². The number of anilines is 1. The molecule has 1 heterocycles. The first-order valence-electron chi connectivity index (χ1n) is 6.46. The molecule has 0 amide bonds. The average Bonchev–Trinajstić information content (AvgIpc) is 2.49. The minimum absolute atomic E-state index is 0.472. The SMILES string of the molecule is COc1cc(NC(=S)NN2CCOCC2)c(OC)cc1Cl. The van der Waals surface area contributed by atoms with Crippen molar-refractivity contribution in [3.05, 3.63) is 17.2 Å². The summed E-state index contributed by atoms with van der Waals surface area (Å²) >= 11 is 11.4. The molecule has 1 aromatic carbocycles. The molecule has 0 radical (unpaired) electrons. The summed E-state index contributed by atoms with van der Waals surface area (Å²) < 4.78 is 15.8. The number of thiocarbonyl (C=S) groups is 1. The number of morpholine rings is 1. The minimum Gasteiger partial charge on any atom is -0.495 e. The van der Waals surface area contributed by atoms with Gasteiger partial charge in [-0.05, 0) is 12.2 Å². The lowest BCUT2D eigenvalue weighted by atomic mass is 10.2. The lowest BCUT2D eigenvalue weighted by molar-refractivity contribution is 0.0252. The summed E-state index contributed by atoms with van der Waals surface area (Å²) in [6, 6.07) is 3.43. The highest BCUT2D eigenvalue weighted by atomic mass is 35.5. The third-order valence-electron chi connectivity index (χ3n) is 2.99. The molecule has 0 spiro atoms. The highest BCUT2D eigenvalue weighted by Gasteiger charge is 2.14. The van der Waals surface area contributed by atoms with Crippen molar-refractivity contribution in [3.8, 4) is 11.5 Å². The van der Waals surface area contributed by atoms with Gasteiger partial charge in [0.1, 0.15) is 11.5 Å². The molecule has 116 valence electrons. The summed E-state index contributed by atoms with van der Waals surface area (Å²) in [7, 11) is 3.13. The quantitative estimate of drug-likeness (QED) is 0.817. The number of hydrazine groups is 1. The Kier molecular flexibility index (Phi) is 5.86. The molecule has 1 fully saturated rings. The van der Waals surface area contributed by atoms with E-state index in [-0.39, 0.29) is 0 Å². The Balaban J connectivity index is 2.05. The molecule has 0 aromatic heterocycles. The fraction of sp³-hybridized carbons (Fsp3) is 0.462. The molecule has 1 aliphatic heterocycles. The molecule has 0 unspecified atom stereocenters. The van der Waals surface area contributed by atoms with Gasteiger partial charge in [0.05, 0.1) is 38.1 Å². The van der Waals surface area contributed by atoms with Crippen LogP contribution in [-0.4, -0.2) is 50.6 Å². The number of methoxy groups -OCH3 is 2. The van der Waals surface area contributed by atoms with Crippen LogP contribution in [0.4, 0.5) is 5.69 Å². The summed E-state index contributed by atoms with van der Waals surface area (Å²) in [6.45, 7) is 2.94. The van der Waals surface area contributed by atoms with Crippen LogP contribution in [0.3, 0.4) is 0 Å². The fourth-order valence-electron chi connectivity index (χ4n) is 1.93. The second-order valence-corrected chi connectivity index (χ2v) is 5.17. The zero-order valence-electron chi connectivity index (χ0n) is 11.9. The van der Waals surface area contributed by atoms with Crippen molar-refractivity contribution >= 4 is 34.6 Å². The van der Waals surface area contributed by atoms with E-state index in [1.807, 2.05) is 5.01 Å². The monoisotopic (exact) mass is 331 g/mol. The lowest BCUT2D eigenvalue weighted by Gasteiger charge is -2.28. The lowest BCUT2D eigenvalue weighted by Crippen LogP contribution is -2.49. The number of hydrogen-bond acceptors (Lipinski definition) is 5. The summed E-state index contributed by atoms with van der Waals surface area (Å²) in [6.07, 6.45) is 0. The first kappa shape index (κ1) is 16.1. The van der Waals surface area contributed by atoms with Gasteiger partial charge in [0.15, 0.2) is 5.11 Å². The fourth-order valence-corrected chi connectivity index (χ4v) is 2.40. The Morgan fingerprint density at radius 2 is 1.90 bits per heavy atom. The van der Waals surface area contributed by atoms with Gasteiger partial charge in [0.2, 0.25) is 0 Å². The number of nitrogens with one attached hydrogen (secondary N) is 2. The van der Waals surface area contributed by atoms with Gasteiger partial charge in [-0.25, -0.2) is 5.01 Å². The van der Waals surface area contributed by atoms with Crippen molar-refractivity contribution in [1.29, 1.82) is 0 Å². The Morgan fingerprint density at radius 1 is 1.24 bits per heavy atom. The summed E-state index contributed by atoms with van der Waals surface area (Å²) in [5, 5.41) is 6.03. The van der Waals surface area contributed by atoms with E-state index in [1.165, 1.54) is 0 Å². The number of rotatable bonds is 4. The van der Waals surface area contributed by atoms with Gasteiger partial charge < -0.3 is 19.5 Å². The summed E-state index contributed by atoms with van der Waals surface area (Å²) in [5.74, 6) is 1.14. The highest BCUT2D eigenvalue weighted by molar-refractivity contribution is 7.80. The second-order valence-electron chi connectivity index (χ2n) is 4.35. The number of halogens is 1. The molecule has 6 nitrogen and oxygen atoms in total. The van der Waals surface area contributed by atoms with Crippen molar-refractivity contribution in [2.45, 2.75) is 0 Å². The zero-order valence-corrected chi connectivity index (χ0v) is 13.5. The molecule has 0 saturated carbocycles. The van der Waals surface area contributed by atoms with Crippen molar-refractivity contribution in [3.63, 3.8) is 0 Å². The number of ether oxygens (including phenoxy) is 3. The third kappa shape index (κ3) is 4.34. The Labute approximate surface area is 134 Å². The molecular formula is C13H18ClN3O3S. The van der Waals surface area contributed by atoms with E-state index in [9.17, 15) is 0 Å². The van der Waals surface area contributed by atoms with Crippen LogP contribution in [0.25, 0.3) is 0 Å². The summed E-state index contributed by atoms with van der Waals surface area (Å²) in [5.41, 5.74) is 3.80. The molecule has 2 N–H and O–H groups in total. The van der Waals surface area contributed by atoms with Crippen LogP contribution in [0.5, 0.6) is 11.5 Å². The van der Waals surface area contributed by atoms with Gasteiger partial charge in [0.25, 0.3) is 0 Å². The van der Waals surface area contributed by atoms with Crippen molar-refractivity contribution < 1.29 is 14.2 Å². The van der Waals surface area contributed by atoms with Crippen molar-refractivity contribution in [1.82, 2.24) is 10.4 Å². The van der Waals surface area contributed by atoms with Crippen LogP contribution in [0.1, 0.15) is 0 Å². The van der Waals surface area contributed by atoms with Crippen LogP contribution in [0, 0.1) is 0 Å².